The van der Waals surface area contributed by atoms with Gasteiger partial charge in [-0.05, 0) is 26.0 Å². The van der Waals surface area contributed by atoms with Crippen LogP contribution in [0.1, 0.15) is 24.3 Å². The monoisotopic (exact) mass is 331 g/mol. The fourth-order valence-corrected chi connectivity index (χ4v) is 1.91. The van der Waals surface area contributed by atoms with E-state index in [1.807, 2.05) is 13.8 Å². The van der Waals surface area contributed by atoms with Gasteiger partial charge in [0.1, 0.15) is 12.3 Å². The summed E-state index contributed by atoms with van der Waals surface area (Å²) in [6.07, 6.45) is 1.32. The van der Waals surface area contributed by atoms with Gasteiger partial charge in [0.25, 0.3) is 5.91 Å². The molecule has 1 heterocycles. The lowest BCUT2D eigenvalue weighted by Crippen LogP contribution is -2.30. The Kier molecular flexibility index (Phi) is 5.31. The minimum absolute atomic E-state index is 0.00325. The highest BCUT2D eigenvalue weighted by atomic mass is 16.5. The maximum atomic E-state index is 11.9. The maximum Gasteiger partial charge on any atom is 0.322 e. The number of nitrogens with one attached hydrogen (secondary N) is 1. The molecule has 0 saturated heterocycles. The molecule has 0 bridgehead atoms. The fourth-order valence-electron chi connectivity index (χ4n) is 1.91. The van der Waals surface area contributed by atoms with Gasteiger partial charge in [0.2, 0.25) is 5.88 Å². The van der Waals surface area contributed by atoms with Gasteiger partial charge < -0.3 is 20.3 Å². The molecule has 0 aliphatic heterocycles. The van der Waals surface area contributed by atoms with E-state index in [4.69, 9.17) is 9.84 Å². The number of benzene rings is 1. The van der Waals surface area contributed by atoms with E-state index in [9.17, 15) is 14.7 Å². The van der Waals surface area contributed by atoms with Crippen molar-refractivity contribution in [3.05, 3.63) is 36.2 Å². The first-order valence-corrected chi connectivity index (χ1v) is 7.20. The van der Waals surface area contributed by atoms with Gasteiger partial charge in [0.05, 0.1) is 18.0 Å². The highest BCUT2D eigenvalue weighted by Crippen LogP contribution is 2.24. The molecule has 8 heteroatoms. The van der Waals surface area contributed by atoms with Crippen LogP contribution in [0.5, 0.6) is 11.6 Å². The summed E-state index contributed by atoms with van der Waals surface area (Å²) in [5.74, 6) is -1.96. The van der Waals surface area contributed by atoms with E-state index in [1.165, 1.54) is 6.20 Å². The molecule has 0 fully saturated rings. The van der Waals surface area contributed by atoms with Crippen molar-refractivity contribution in [2.24, 2.45) is 0 Å². The smallest absolute Gasteiger partial charge is 0.322 e. The minimum Gasteiger partial charge on any atom is -0.492 e. The standard InChI is InChI=1S/C16H17N3O5/c1-9(2)24-11-5-3-4-10(6-11)12-7-17-15(22)14(19-12)16(23)18-8-13(20)21/h3-7,9H,8H2,1-2H3,(H,17,22)(H,18,23)(H,20,21). The molecule has 2 aromatic rings. The van der Waals surface area contributed by atoms with E-state index in [0.717, 1.165) is 0 Å². The van der Waals surface area contributed by atoms with Crippen LogP contribution in [0, 0.1) is 0 Å². The van der Waals surface area contributed by atoms with Crippen molar-refractivity contribution in [1.29, 1.82) is 0 Å². The number of amides is 1. The quantitative estimate of drug-likeness (QED) is 0.732. The van der Waals surface area contributed by atoms with Crippen LogP contribution in [-0.4, -0.2) is 44.7 Å². The number of ether oxygens (including phenoxy) is 1. The molecule has 0 radical (unpaired) electrons. The molecule has 0 unspecified atom stereocenters. The molecule has 3 N–H and O–H groups in total. The average molecular weight is 331 g/mol. The molecule has 1 aromatic heterocycles. The van der Waals surface area contributed by atoms with Gasteiger partial charge in [0.15, 0.2) is 5.69 Å². The second-order valence-electron chi connectivity index (χ2n) is 5.20. The number of aromatic nitrogens is 2. The predicted octanol–water partition coefficient (Wildman–Crippen LogP) is 1.45. The second kappa shape index (κ2) is 7.40. The third kappa shape index (κ3) is 4.42. The summed E-state index contributed by atoms with van der Waals surface area (Å²) in [6.45, 7) is 3.22. The largest absolute Gasteiger partial charge is 0.492 e. The Balaban J connectivity index is 2.30. The molecule has 0 spiro atoms. The normalized spacial score (nSPS) is 10.5. The van der Waals surface area contributed by atoms with E-state index in [-0.39, 0.29) is 11.8 Å². The summed E-state index contributed by atoms with van der Waals surface area (Å²) in [6, 6.07) is 7.05. The van der Waals surface area contributed by atoms with Crippen LogP contribution in [0.2, 0.25) is 0 Å². The van der Waals surface area contributed by atoms with Crippen LogP contribution >= 0.6 is 0 Å². The highest BCUT2D eigenvalue weighted by molar-refractivity contribution is 5.96. The third-order valence-corrected chi connectivity index (χ3v) is 2.87. The number of aromatic hydroxyl groups is 1. The molecule has 1 aromatic carbocycles. The number of hydrogen-bond donors (Lipinski definition) is 3. The first kappa shape index (κ1) is 17.2. The number of hydrogen-bond acceptors (Lipinski definition) is 6. The zero-order valence-electron chi connectivity index (χ0n) is 13.2. The van der Waals surface area contributed by atoms with Gasteiger partial charge >= 0.3 is 5.97 Å². The summed E-state index contributed by atoms with van der Waals surface area (Å²) in [5, 5.41) is 20.4. The number of aliphatic carboxylic acids is 1. The molecule has 0 saturated carbocycles. The molecule has 0 aliphatic carbocycles. The van der Waals surface area contributed by atoms with Gasteiger partial charge in [-0.25, -0.2) is 9.97 Å². The number of rotatable bonds is 6. The molecule has 2 rings (SSSR count). The van der Waals surface area contributed by atoms with Crippen LogP contribution in [0.15, 0.2) is 30.5 Å². The molecular weight excluding hydrogens is 314 g/mol. The maximum absolute atomic E-state index is 11.9. The van der Waals surface area contributed by atoms with Gasteiger partial charge in [-0.15, -0.1) is 0 Å². The van der Waals surface area contributed by atoms with E-state index in [1.54, 1.807) is 24.3 Å². The molecule has 24 heavy (non-hydrogen) atoms. The zero-order valence-corrected chi connectivity index (χ0v) is 13.2. The van der Waals surface area contributed by atoms with Crippen molar-refractivity contribution < 1.29 is 24.5 Å². The van der Waals surface area contributed by atoms with Crippen molar-refractivity contribution in [3.8, 4) is 22.9 Å². The van der Waals surface area contributed by atoms with Gasteiger partial charge in [-0.2, -0.15) is 0 Å². The summed E-state index contributed by atoms with van der Waals surface area (Å²) in [7, 11) is 0. The Bertz CT molecular complexity index is 761. The summed E-state index contributed by atoms with van der Waals surface area (Å²) < 4.78 is 5.60. The Hall–Kier alpha value is -3.16. The fraction of sp³-hybridized carbons (Fsp3) is 0.250. The Morgan fingerprint density at radius 3 is 2.75 bits per heavy atom. The van der Waals surface area contributed by atoms with Gasteiger partial charge in [0, 0.05) is 5.56 Å². The molecule has 0 atom stereocenters. The van der Waals surface area contributed by atoms with E-state index < -0.39 is 24.3 Å². The van der Waals surface area contributed by atoms with Crippen LogP contribution in [0.4, 0.5) is 0 Å². The number of carbonyl (C=O) groups is 2. The Morgan fingerprint density at radius 1 is 1.33 bits per heavy atom. The van der Waals surface area contributed by atoms with Gasteiger partial charge in [-0.3, -0.25) is 9.59 Å². The van der Waals surface area contributed by atoms with Crippen LogP contribution in [-0.2, 0) is 4.79 Å². The second-order valence-corrected chi connectivity index (χ2v) is 5.20. The number of carbonyl (C=O) groups excluding carboxylic acids is 1. The lowest BCUT2D eigenvalue weighted by molar-refractivity contribution is -0.135. The lowest BCUT2D eigenvalue weighted by Gasteiger charge is -2.11. The van der Waals surface area contributed by atoms with Crippen molar-refractivity contribution in [2.75, 3.05) is 6.54 Å². The van der Waals surface area contributed by atoms with Crippen LogP contribution in [0.25, 0.3) is 11.3 Å². The van der Waals surface area contributed by atoms with E-state index in [0.29, 0.717) is 17.0 Å². The van der Waals surface area contributed by atoms with Crippen molar-refractivity contribution in [3.63, 3.8) is 0 Å². The SMILES string of the molecule is CC(C)Oc1cccc(-c2cnc(O)c(C(=O)NCC(=O)O)n2)c1. The topological polar surface area (TPSA) is 122 Å². The zero-order chi connectivity index (χ0) is 17.7. The average Bonchev–Trinajstić information content (AvgIpc) is 2.52. The lowest BCUT2D eigenvalue weighted by atomic mass is 10.1. The van der Waals surface area contributed by atoms with Crippen molar-refractivity contribution in [2.45, 2.75) is 20.0 Å². The number of carboxylic acid groups (broad SMARTS) is 1. The molecule has 8 nitrogen and oxygen atoms in total. The highest BCUT2D eigenvalue weighted by Gasteiger charge is 2.17. The molecule has 0 aliphatic rings. The summed E-state index contributed by atoms with van der Waals surface area (Å²) >= 11 is 0. The first-order valence-electron chi connectivity index (χ1n) is 7.20. The van der Waals surface area contributed by atoms with Crippen molar-refractivity contribution >= 4 is 11.9 Å². The van der Waals surface area contributed by atoms with Crippen LogP contribution < -0.4 is 10.1 Å². The molecule has 126 valence electrons. The van der Waals surface area contributed by atoms with Crippen molar-refractivity contribution in [1.82, 2.24) is 15.3 Å². The first-order chi connectivity index (χ1) is 11.4. The van der Waals surface area contributed by atoms with E-state index in [2.05, 4.69) is 15.3 Å². The Morgan fingerprint density at radius 2 is 2.08 bits per heavy atom. The summed E-state index contributed by atoms with van der Waals surface area (Å²) in [4.78, 5) is 30.2. The van der Waals surface area contributed by atoms with Crippen LogP contribution in [0.3, 0.4) is 0 Å². The van der Waals surface area contributed by atoms with E-state index >= 15 is 0 Å². The number of nitrogens with zero attached hydrogens (tertiary/aromatic N) is 2. The Labute approximate surface area is 138 Å². The third-order valence-electron chi connectivity index (χ3n) is 2.87. The minimum atomic E-state index is -1.20. The number of carboxylic acids is 1. The predicted molar refractivity (Wildman–Crippen MR) is 84.9 cm³/mol. The van der Waals surface area contributed by atoms with Gasteiger partial charge in [-0.1, -0.05) is 12.1 Å². The summed E-state index contributed by atoms with van der Waals surface area (Å²) in [5.41, 5.74) is 0.652. The molecule has 1 amide bonds. The molecular formula is C16H17N3O5.